The van der Waals surface area contributed by atoms with E-state index < -0.39 is 16.1 Å². The van der Waals surface area contributed by atoms with Crippen LogP contribution in [0.4, 0.5) is 17.5 Å². The predicted octanol–water partition coefficient (Wildman–Crippen LogP) is 2.85. The molecule has 7 nitrogen and oxygen atoms in total. The highest BCUT2D eigenvalue weighted by molar-refractivity contribution is 7.94. The van der Waals surface area contributed by atoms with Crippen molar-refractivity contribution < 1.29 is 4.55 Å². The molecule has 2 aromatic rings. The molecule has 0 radical (unpaired) electrons. The summed E-state index contributed by atoms with van der Waals surface area (Å²) in [6.07, 6.45) is 3.00. The molecular formula is C13H17ClN6OS. The van der Waals surface area contributed by atoms with E-state index in [4.69, 9.17) is 11.6 Å². The summed E-state index contributed by atoms with van der Waals surface area (Å²) in [7, 11) is 0. The Morgan fingerprint density at radius 3 is 2.55 bits per heavy atom. The van der Waals surface area contributed by atoms with E-state index in [0.29, 0.717) is 17.5 Å². The summed E-state index contributed by atoms with van der Waals surface area (Å²) in [4.78, 5) is 16.2. The molecule has 9 heteroatoms. The van der Waals surface area contributed by atoms with Gasteiger partial charge in [0.1, 0.15) is 22.7 Å². The molecule has 2 aromatic heterocycles. The zero-order chi connectivity index (χ0) is 16.3. The Hall–Kier alpha value is -1.64. The van der Waals surface area contributed by atoms with Gasteiger partial charge in [0.2, 0.25) is 5.28 Å². The fourth-order valence-corrected chi connectivity index (χ4v) is 2.14. The monoisotopic (exact) mass is 340 g/mol. The number of hydrogen-bond acceptors (Lipinski definition) is 7. The Kier molecular flexibility index (Phi) is 5.05. The van der Waals surface area contributed by atoms with Crippen LogP contribution >= 0.6 is 11.6 Å². The third-order valence-electron chi connectivity index (χ3n) is 2.61. The van der Waals surface area contributed by atoms with Crippen LogP contribution in [0.1, 0.15) is 26.3 Å². The van der Waals surface area contributed by atoms with Gasteiger partial charge in [0.05, 0.1) is 11.4 Å². The quantitative estimate of drug-likeness (QED) is 0.652. The number of anilines is 3. The lowest BCUT2D eigenvalue weighted by Gasteiger charge is -2.23. The summed E-state index contributed by atoms with van der Waals surface area (Å²) in [5.41, 5.74) is 0.829. The van der Waals surface area contributed by atoms with Gasteiger partial charge in [0.15, 0.2) is 5.82 Å². The van der Waals surface area contributed by atoms with Gasteiger partial charge in [0.25, 0.3) is 0 Å². The van der Waals surface area contributed by atoms with Crippen LogP contribution in [0.3, 0.4) is 0 Å². The number of hydrogen-bond donors (Lipinski definition) is 2. The zero-order valence-corrected chi connectivity index (χ0v) is 14.3. The molecule has 0 amide bonds. The molecule has 2 rings (SSSR count). The van der Waals surface area contributed by atoms with E-state index in [1.165, 1.54) is 6.33 Å². The number of rotatable bonds is 4. The molecule has 0 aromatic carbocycles. The minimum absolute atomic E-state index is 0.148. The van der Waals surface area contributed by atoms with Crippen molar-refractivity contribution in [2.24, 2.45) is 0 Å². The summed E-state index contributed by atoms with van der Waals surface area (Å²) < 4.78 is 14.5. The molecular weight excluding hydrogens is 324 g/mol. The fraction of sp³-hybridized carbons (Fsp3) is 0.385. The van der Waals surface area contributed by atoms with Crippen LogP contribution in [0.2, 0.25) is 5.28 Å². The molecule has 0 aliphatic carbocycles. The first-order valence-corrected chi connectivity index (χ1v) is 8.05. The van der Waals surface area contributed by atoms with Crippen molar-refractivity contribution in [3.05, 3.63) is 29.4 Å². The molecule has 0 spiro atoms. The van der Waals surface area contributed by atoms with Crippen molar-refractivity contribution in [2.75, 3.05) is 10.0 Å². The third kappa shape index (κ3) is 4.43. The minimum atomic E-state index is -1.27. The standard InChI is InChI=1S/C13H17ClN6OS/c1-8-6-15-12(14)19-11(8)18-9-5-10(17-7-16-9)20-22(21)13(2,3)4/h5-7H,1-4H3,(H2,15,16,17,18,19,20). The molecule has 2 heterocycles. The lowest BCUT2D eigenvalue weighted by atomic mass is 10.3. The molecule has 0 aliphatic heterocycles. The van der Waals surface area contributed by atoms with Crippen molar-refractivity contribution in [1.29, 1.82) is 0 Å². The van der Waals surface area contributed by atoms with Gasteiger partial charge < -0.3 is 9.87 Å². The highest BCUT2D eigenvalue weighted by Crippen LogP contribution is 2.21. The molecule has 2 N–H and O–H groups in total. The summed E-state index contributed by atoms with van der Waals surface area (Å²) >= 11 is 4.52. The topological polar surface area (TPSA) is 98.7 Å². The van der Waals surface area contributed by atoms with Crippen molar-refractivity contribution in [2.45, 2.75) is 32.4 Å². The van der Waals surface area contributed by atoms with Gasteiger partial charge in [-0.25, -0.2) is 19.9 Å². The Morgan fingerprint density at radius 1 is 1.18 bits per heavy atom. The second-order valence-electron chi connectivity index (χ2n) is 5.57. The number of nitrogens with one attached hydrogen (secondary N) is 2. The molecule has 1 unspecified atom stereocenters. The van der Waals surface area contributed by atoms with Crippen molar-refractivity contribution >= 4 is 40.4 Å². The van der Waals surface area contributed by atoms with Crippen molar-refractivity contribution in [1.82, 2.24) is 19.9 Å². The Balaban J connectivity index is 2.16. The lowest BCUT2D eigenvalue weighted by Crippen LogP contribution is -2.34. The maximum Gasteiger partial charge on any atom is 0.224 e. The van der Waals surface area contributed by atoms with Gasteiger partial charge in [-0.1, -0.05) is 0 Å². The summed E-state index contributed by atoms with van der Waals surface area (Å²) in [5.74, 6) is 1.53. The molecule has 0 fully saturated rings. The molecule has 1 atom stereocenters. The normalized spacial score (nSPS) is 12.8. The van der Waals surface area contributed by atoms with E-state index in [-0.39, 0.29) is 5.28 Å². The maximum absolute atomic E-state index is 12.1. The lowest BCUT2D eigenvalue weighted by molar-refractivity contribution is 0.565. The van der Waals surface area contributed by atoms with Gasteiger partial charge in [-0.15, -0.1) is 0 Å². The molecule has 0 saturated carbocycles. The van der Waals surface area contributed by atoms with E-state index in [9.17, 15) is 4.55 Å². The summed E-state index contributed by atoms with van der Waals surface area (Å²) in [6.45, 7) is 7.49. The Bertz CT molecular complexity index is 663. The van der Waals surface area contributed by atoms with E-state index in [2.05, 4.69) is 30.0 Å². The third-order valence-corrected chi connectivity index (χ3v) is 4.30. The highest BCUT2D eigenvalue weighted by atomic mass is 35.5. The SMILES string of the molecule is Cc1cnc(Cl)nc1Nc1cc(N[S+]([O-])C(C)(C)C)ncn1. The fourth-order valence-electron chi connectivity index (χ4n) is 1.40. The van der Waals surface area contributed by atoms with E-state index in [1.807, 2.05) is 27.7 Å². The van der Waals surface area contributed by atoms with E-state index in [0.717, 1.165) is 5.56 Å². The average Bonchev–Trinajstić information content (AvgIpc) is 2.42. The first kappa shape index (κ1) is 16.7. The second-order valence-corrected chi connectivity index (χ2v) is 7.87. The number of halogens is 1. The maximum atomic E-state index is 12.1. The van der Waals surface area contributed by atoms with Crippen LogP contribution in [0.5, 0.6) is 0 Å². The van der Waals surface area contributed by atoms with Gasteiger partial charge in [-0.3, -0.25) is 0 Å². The number of aromatic nitrogens is 4. The van der Waals surface area contributed by atoms with Crippen LogP contribution in [0.15, 0.2) is 18.6 Å². The van der Waals surface area contributed by atoms with Crippen LogP contribution in [-0.2, 0) is 11.4 Å². The summed E-state index contributed by atoms with van der Waals surface area (Å²) in [6, 6.07) is 1.65. The summed E-state index contributed by atoms with van der Waals surface area (Å²) in [5, 5.41) is 3.19. The van der Waals surface area contributed by atoms with Crippen molar-refractivity contribution in [3.63, 3.8) is 0 Å². The molecule has 0 bridgehead atoms. The van der Waals surface area contributed by atoms with Crippen LogP contribution in [-0.4, -0.2) is 29.2 Å². The van der Waals surface area contributed by atoms with Gasteiger partial charge in [-0.05, 0) is 39.3 Å². The highest BCUT2D eigenvalue weighted by Gasteiger charge is 2.27. The second kappa shape index (κ2) is 6.64. The molecule has 22 heavy (non-hydrogen) atoms. The van der Waals surface area contributed by atoms with Crippen molar-refractivity contribution in [3.8, 4) is 0 Å². The van der Waals surface area contributed by atoms with Crippen LogP contribution < -0.4 is 10.0 Å². The minimum Gasteiger partial charge on any atom is -0.593 e. The van der Waals surface area contributed by atoms with Gasteiger partial charge >= 0.3 is 0 Å². The molecule has 0 saturated heterocycles. The Morgan fingerprint density at radius 2 is 1.86 bits per heavy atom. The predicted molar refractivity (Wildman–Crippen MR) is 88.6 cm³/mol. The van der Waals surface area contributed by atoms with E-state index >= 15 is 0 Å². The van der Waals surface area contributed by atoms with E-state index in [1.54, 1.807) is 12.3 Å². The largest absolute Gasteiger partial charge is 0.593 e. The van der Waals surface area contributed by atoms with Crippen LogP contribution in [0.25, 0.3) is 0 Å². The smallest absolute Gasteiger partial charge is 0.224 e. The Labute approximate surface area is 137 Å². The van der Waals surface area contributed by atoms with Gasteiger partial charge in [-0.2, -0.15) is 4.72 Å². The first-order chi connectivity index (χ1) is 10.3. The molecule has 118 valence electrons. The zero-order valence-electron chi connectivity index (χ0n) is 12.7. The first-order valence-electron chi connectivity index (χ1n) is 6.52. The average molecular weight is 341 g/mol. The number of nitrogens with zero attached hydrogens (tertiary/aromatic N) is 4. The molecule has 0 aliphatic rings. The van der Waals surface area contributed by atoms with Gasteiger partial charge in [0, 0.05) is 17.8 Å². The van der Waals surface area contributed by atoms with Crippen LogP contribution in [0, 0.1) is 6.92 Å². The number of aryl methyl sites for hydroxylation is 1.